The standard InChI is InChI=1S/C21H27N5O3/c1-14(27)25-6-3-5-18(13-25)29-19-9-17(10-23-12-19)16-8-15-4-2-7-26(21(22)28)20(15)24-11-16/h8-12,18,21,28H,2-7,13,22H2,1H3. The lowest BCUT2D eigenvalue weighted by molar-refractivity contribution is -0.131. The lowest BCUT2D eigenvalue weighted by atomic mass is 10.0. The van der Waals surface area contributed by atoms with Crippen LogP contribution in [0.1, 0.15) is 31.7 Å². The SMILES string of the molecule is CC(=O)N1CCCC(Oc2cncc(-c3cnc4c(c3)CCCN4C(N)O)c2)C1. The second kappa shape index (κ2) is 8.34. The van der Waals surface area contributed by atoms with Gasteiger partial charge < -0.3 is 19.6 Å². The van der Waals surface area contributed by atoms with Gasteiger partial charge in [0.2, 0.25) is 5.91 Å². The van der Waals surface area contributed by atoms with Gasteiger partial charge in [0.05, 0.1) is 12.7 Å². The third-order valence-electron chi connectivity index (χ3n) is 5.55. The van der Waals surface area contributed by atoms with E-state index in [-0.39, 0.29) is 12.0 Å². The number of piperidine rings is 1. The maximum atomic E-state index is 11.6. The van der Waals surface area contributed by atoms with E-state index in [0.717, 1.165) is 54.7 Å². The molecule has 0 bridgehead atoms. The van der Waals surface area contributed by atoms with E-state index >= 15 is 0 Å². The van der Waals surface area contributed by atoms with Gasteiger partial charge in [-0.05, 0) is 43.4 Å². The van der Waals surface area contributed by atoms with Gasteiger partial charge in [0, 0.05) is 43.5 Å². The summed E-state index contributed by atoms with van der Waals surface area (Å²) in [4.78, 5) is 24.1. The predicted molar refractivity (Wildman–Crippen MR) is 109 cm³/mol. The Hall–Kier alpha value is -2.71. The molecule has 1 amide bonds. The smallest absolute Gasteiger partial charge is 0.219 e. The molecule has 8 heteroatoms. The highest BCUT2D eigenvalue weighted by molar-refractivity contribution is 5.73. The lowest BCUT2D eigenvalue weighted by Crippen LogP contribution is -2.45. The number of aryl methyl sites for hydroxylation is 1. The molecule has 0 saturated carbocycles. The molecule has 1 fully saturated rings. The van der Waals surface area contributed by atoms with Crippen molar-refractivity contribution >= 4 is 11.7 Å². The van der Waals surface area contributed by atoms with Crippen LogP contribution in [0, 0.1) is 0 Å². The number of likely N-dealkylation sites (tertiary alicyclic amines) is 1. The molecule has 2 aromatic rings. The number of amides is 1. The zero-order valence-electron chi connectivity index (χ0n) is 16.6. The van der Waals surface area contributed by atoms with Crippen LogP contribution in [0.4, 0.5) is 5.82 Å². The van der Waals surface area contributed by atoms with Crippen LogP contribution in [-0.2, 0) is 11.2 Å². The first kappa shape index (κ1) is 19.6. The van der Waals surface area contributed by atoms with Crippen molar-refractivity contribution in [3.63, 3.8) is 0 Å². The number of hydrogen-bond donors (Lipinski definition) is 2. The van der Waals surface area contributed by atoms with Crippen LogP contribution in [0.3, 0.4) is 0 Å². The van der Waals surface area contributed by atoms with Crippen LogP contribution >= 0.6 is 0 Å². The van der Waals surface area contributed by atoms with Gasteiger partial charge in [-0.2, -0.15) is 0 Å². The lowest BCUT2D eigenvalue weighted by Gasteiger charge is -2.32. The highest BCUT2D eigenvalue weighted by Crippen LogP contribution is 2.31. The summed E-state index contributed by atoms with van der Waals surface area (Å²) in [5, 5.41) is 9.77. The Morgan fingerprint density at radius 1 is 1.24 bits per heavy atom. The summed E-state index contributed by atoms with van der Waals surface area (Å²) in [6, 6.07) is 4.04. The first-order valence-electron chi connectivity index (χ1n) is 10.1. The number of nitrogens with zero attached hydrogens (tertiary/aromatic N) is 4. The molecular weight excluding hydrogens is 370 g/mol. The third-order valence-corrected chi connectivity index (χ3v) is 5.55. The van der Waals surface area contributed by atoms with Crippen LogP contribution in [0.15, 0.2) is 30.7 Å². The van der Waals surface area contributed by atoms with Crippen molar-refractivity contribution in [1.29, 1.82) is 0 Å². The molecule has 0 aliphatic carbocycles. The molecule has 0 spiro atoms. The van der Waals surface area contributed by atoms with Crippen molar-refractivity contribution in [2.45, 2.75) is 45.1 Å². The molecule has 2 unspecified atom stereocenters. The molecular formula is C21H27N5O3. The van der Waals surface area contributed by atoms with Crippen molar-refractivity contribution in [2.75, 3.05) is 24.5 Å². The number of aliphatic hydroxyl groups excluding tert-OH is 1. The first-order chi connectivity index (χ1) is 14.0. The monoisotopic (exact) mass is 397 g/mol. The zero-order valence-corrected chi connectivity index (χ0v) is 16.6. The van der Waals surface area contributed by atoms with Gasteiger partial charge in [0.1, 0.15) is 17.7 Å². The average molecular weight is 397 g/mol. The Kier molecular flexibility index (Phi) is 5.64. The van der Waals surface area contributed by atoms with E-state index in [1.54, 1.807) is 30.4 Å². The molecule has 4 heterocycles. The second-order valence-corrected chi connectivity index (χ2v) is 7.67. The van der Waals surface area contributed by atoms with Gasteiger partial charge in [-0.1, -0.05) is 0 Å². The van der Waals surface area contributed by atoms with Crippen molar-refractivity contribution in [1.82, 2.24) is 14.9 Å². The average Bonchev–Trinajstić information content (AvgIpc) is 2.73. The van der Waals surface area contributed by atoms with Gasteiger partial charge >= 0.3 is 0 Å². The Morgan fingerprint density at radius 2 is 2.07 bits per heavy atom. The molecule has 2 aliphatic rings. The van der Waals surface area contributed by atoms with Crippen molar-refractivity contribution in [3.8, 4) is 16.9 Å². The molecule has 0 radical (unpaired) electrons. The number of anilines is 1. The summed E-state index contributed by atoms with van der Waals surface area (Å²) in [5.41, 5.74) is 8.59. The molecule has 8 nitrogen and oxygen atoms in total. The fraction of sp³-hybridized carbons (Fsp3) is 0.476. The molecule has 4 rings (SSSR count). The maximum absolute atomic E-state index is 11.6. The third kappa shape index (κ3) is 4.33. The summed E-state index contributed by atoms with van der Waals surface area (Å²) in [5.74, 6) is 1.51. The Labute approximate surface area is 170 Å². The summed E-state index contributed by atoms with van der Waals surface area (Å²) in [6.07, 6.45) is 7.88. The number of fused-ring (bicyclic) bond motifs is 1. The van der Waals surface area contributed by atoms with Crippen LogP contribution in [0.5, 0.6) is 5.75 Å². The molecule has 1 saturated heterocycles. The minimum Gasteiger partial charge on any atom is -0.487 e. The van der Waals surface area contributed by atoms with Crippen molar-refractivity contribution < 1.29 is 14.6 Å². The zero-order chi connectivity index (χ0) is 20.4. The van der Waals surface area contributed by atoms with Crippen LogP contribution in [-0.4, -0.2) is 58.0 Å². The van der Waals surface area contributed by atoms with Gasteiger partial charge in [0.25, 0.3) is 0 Å². The van der Waals surface area contributed by atoms with Gasteiger partial charge in [-0.25, -0.2) is 4.98 Å². The number of aromatic nitrogens is 2. The fourth-order valence-corrected chi connectivity index (χ4v) is 4.06. The molecule has 29 heavy (non-hydrogen) atoms. The van der Waals surface area contributed by atoms with Crippen LogP contribution < -0.4 is 15.4 Å². The second-order valence-electron chi connectivity index (χ2n) is 7.67. The normalized spacial score (nSPS) is 20.2. The molecule has 2 atom stereocenters. The van der Waals surface area contributed by atoms with Crippen LogP contribution in [0.2, 0.25) is 0 Å². The molecule has 2 aliphatic heterocycles. The number of aliphatic hydroxyl groups is 1. The maximum Gasteiger partial charge on any atom is 0.219 e. The Balaban J connectivity index is 1.52. The molecule has 154 valence electrons. The first-order valence-corrected chi connectivity index (χ1v) is 10.1. The van der Waals surface area contributed by atoms with E-state index < -0.39 is 6.35 Å². The largest absolute Gasteiger partial charge is 0.487 e. The summed E-state index contributed by atoms with van der Waals surface area (Å²) >= 11 is 0. The minimum atomic E-state index is -1.05. The molecule has 0 aromatic carbocycles. The topological polar surface area (TPSA) is 105 Å². The highest BCUT2D eigenvalue weighted by Gasteiger charge is 2.24. The van der Waals surface area contributed by atoms with Gasteiger partial charge in [-0.3, -0.25) is 15.5 Å². The summed E-state index contributed by atoms with van der Waals surface area (Å²) < 4.78 is 6.12. The molecule has 3 N–H and O–H groups in total. The number of carbonyl (C=O) groups excluding carboxylic acids is 1. The van der Waals surface area contributed by atoms with Crippen molar-refractivity contribution in [3.05, 3.63) is 36.3 Å². The van der Waals surface area contributed by atoms with E-state index in [2.05, 4.69) is 16.0 Å². The summed E-state index contributed by atoms with van der Waals surface area (Å²) in [7, 11) is 0. The number of hydrogen-bond acceptors (Lipinski definition) is 7. The minimum absolute atomic E-state index is 0.0223. The number of carbonyl (C=O) groups is 1. The fourth-order valence-electron chi connectivity index (χ4n) is 4.06. The molecule has 2 aromatic heterocycles. The van der Waals surface area contributed by atoms with E-state index in [1.807, 2.05) is 11.0 Å². The van der Waals surface area contributed by atoms with Gasteiger partial charge in [-0.15, -0.1) is 0 Å². The predicted octanol–water partition coefficient (Wildman–Crippen LogP) is 1.52. The van der Waals surface area contributed by atoms with E-state index in [9.17, 15) is 9.90 Å². The number of ether oxygens (including phenoxy) is 1. The van der Waals surface area contributed by atoms with E-state index in [1.165, 1.54) is 0 Å². The summed E-state index contributed by atoms with van der Waals surface area (Å²) in [6.45, 7) is 3.69. The number of nitrogens with two attached hydrogens (primary N) is 1. The van der Waals surface area contributed by atoms with Gasteiger partial charge in [0.15, 0.2) is 6.35 Å². The quantitative estimate of drug-likeness (QED) is 0.754. The highest BCUT2D eigenvalue weighted by atomic mass is 16.5. The number of rotatable bonds is 4. The van der Waals surface area contributed by atoms with E-state index in [0.29, 0.717) is 18.8 Å². The Bertz CT molecular complexity index is 888. The van der Waals surface area contributed by atoms with E-state index in [4.69, 9.17) is 10.5 Å². The number of pyridine rings is 2. The van der Waals surface area contributed by atoms with Crippen LogP contribution in [0.25, 0.3) is 11.1 Å². The van der Waals surface area contributed by atoms with Crippen molar-refractivity contribution in [2.24, 2.45) is 5.73 Å². The Morgan fingerprint density at radius 3 is 2.86 bits per heavy atom.